The first-order chi connectivity index (χ1) is 11.3. The fourth-order valence-electron chi connectivity index (χ4n) is 2.70. The van der Waals surface area contributed by atoms with Gasteiger partial charge in [-0.25, -0.2) is 0 Å². The number of aliphatic hydroxyl groups is 1. The highest BCUT2D eigenvalue weighted by molar-refractivity contribution is 5.92. The molecule has 1 saturated heterocycles. The Labute approximate surface area is 138 Å². The summed E-state index contributed by atoms with van der Waals surface area (Å²) >= 11 is 0. The first-order valence-corrected chi connectivity index (χ1v) is 7.76. The standard InChI is InChI=1S/C17H20F3NO3/c1-12(22)13-8-10-21(11-9-13)16(23)7-6-14-4-2-3-5-15(14)24-17(18,19)20/h2-7,12-13,22H,8-11H2,1H3. The number of hydrogen-bond donors (Lipinski definition) is 1. The predicted octanol–water partition coefficient (Wildman–Crippen LogP) is 3.22. The lowest BCUT2D eigenvalue weighted by Gasteiger charge is -2.32. The molecule has 7 heteroatoms. The van der Waals surface area contributed by atoms with E-state index in [1.807, 2.05) is 0 Å². The molecule has 1 heterocycles. The highest BCUT2D eigenvalue weighted by Gasteiger charge is 2.31. The van der Waals surface area contributed by atoms with E-state index in [2.05, 4.69) is 4.74 Å². The second-order valence-corrected chi connectivity index (χ2v) is 5.82. The topological polar surface area (TPSA) is 49.8 Å². The molecule has 1 unspecified atom stereocenters. The minimum absolute atomic E-state index is 0.180. The zero-order valence-electron chi connectivity index (χ0n) is 13.3. The van der Waals surface area contributed by atoms with Gasteiger partial charge in [0.05, 0.1) is 6.10 Å². The molecule has 0 aromatic heterocycles. The van der Waals surface area contributed by atoms with Crippen LogP contribution in [0.2, 0.25) is 0 Å². The summed E-state index contributed by atoms with van der Waals surface area (Å²) in [5.74, 6) is -0.429. The monoisotopic (exact) mass is 343 g/mol. The van der Waals surface area contributed by atoms with Gasteiger partial charge in [-0.2, -0.15) is 0 Å². The highest BCUT2D eigenvalue weighted by atomic mass is 19.4. The number of rotatable bonds is 4. The number of benzene rings is 1. The predicted molar refractivity (Wildman–Crippen MR) is 83.1 cm³/mol. The van der Waals surface area contributed by atoms with Crippen LogP contribution >= 0.6 is 0 Å². The molecular formula is C17H20F3NO3. The number of nitrogens with zero attached hydrogens (tertiary/aromatic N) is 1. The molecule has 0 radical (unpaired) electrons. The third kappa shape index (κ3) is 5.26. The number of ether oxygens (including phenoxy) is 1. The number of aliphatic hydroxyl groups excluding tert-OH is 1. The quantitative estimate of drug-likeness (QED) is 0.854. The van der Waals surface area contributed by atoms with Crippen LogP contribution in [0.15, 0.2) is 30.3 Å². The minimum atomic E-state index is -4.78. The van der Waals surface area contributed by atoms with Gasteiger partial charge >= 0.3 is 6.36 Å². The summed E-state index contributed by atoms with van der Waals surface area (Å²) in [6.07, 6.45) is -1.18. The van der Waals surface area contributed by atoms with Crippen molar-refractivity contribution in [2.75, 3.05) is 13.1 Å². The van der Waals surface area contributed by atoms with Crippen molar-refractivity contribution in [2.45, 2.75) is 32.2 Å². The van der Waals surface area contributed by atoms with Crippen molar-refractivity contribution in [1.82, 2.24) is 4.90 Å². The van der Waals surface area contributed by atoms with Gasteiger partial charge in [-0.15, -0.1) is 13.2 Å². The molecule has 1 aromatic rings. The van der Waals surface area contributed by atoms with Crippen LogP contribution in [-0.4, -0.2) is 41.5 Å². The molecule has 132 valence electrons. The molecule has 0 bridgehead atoms. The van der Waals surface area contributed by atoms with Crippen molar-refractivity contribution < 1.29 is 27.8 Å². The van der Waals surface area contributed by atoms with E-state index in [0.29, 0.717) is 25.9 Å². The molecule has 1 aliphatic rings. The summed E-state index contributed by atoms with van der Waals surface area (Å²) in [7, 11) is 0. The maximum Gasteiger partial charge on any atom is 0.573 e. The molecule has 1 atom stereocenters. The number of hydrogen-bond acceptors (Lipinski definition) is 3. The molecule has 4 nitrogen and oxygen atoms in total. The SMILES string of the molecule is CC(O)C1CCN(C(=O)C=Cc2ccccc2OC(F)(F)F)CC1. The van der Waals surface area contributed by atoms with E-state index >= 15 is 0 Å². The second-order valence-electron chi connectivity index (χ2n) is 5.82. The molecule has 1 fully saturated rings. The largest absolute Gasteiger partial charge is 0.573 e. The molecule has 1 N–H and O–H groups in total. The Morgan fingerprint density at radius 3 is 2.54 bits per heavy atom. The Bertz CT molecular complexity index is 591. The molecule has 24 heavy (non-hydrogen) atoms. The molecule has 0 aliphatic carbocycles. The van der Waals surface area contributed by atoms with Gasteiger partial charge in [-0.3, -0.25) is 4.79 Å². The van der Waals surface area contributed by atoms with Gasteiger partial charge in [0.1, 0.15) is 5.75 Å². The smallest absolute Gasteiger partial charge is 0.405 e. The molecule has 2 rings (SSSR count). The van der Waals surface area contributed by atoms with Crippen LogP contribution in [-0.2, 0) is 4.79 Å². The van der Waals surface area contributed by atoms with Crippen molar-refractivity contribution in [3.8, 4) is 5.75 Å². The van der Waals surface area contributed by atoms with E-state index < -0.39 is 12.5 Å². The molecule has 1 aromatic carbocycles. The average Bonchev–Trinajstić information content (AvgIpc) is 2.52. The zero-order chi connectivity index (χ0) is 17.7. The molecule has 1 amide bonds. The highest BCUT2D eigenvalue weighted by Crippen LogP contribution is 2.27. The lowest BCUT2D eigenvalue weighted by Crippen LogP contribution is -2.39. The summed E-state index contributed by atoms with van der Waals surface area (Å²) < 4.78 is 41.1. The number of piperidine rings is 1. The number of halogens is 3. The van der Waals surface area contributed by atoms with E-state index in [4.69, 9.17) is 0 Å². The maximum absolute atomic E-state index is 12.4. The second kappa shape index (κ2) is 7.70. The number of carbonyl (C=O) groups excluding carboxylic acids is 1. The van der Waals surface area contributed by atoms with Crippen LogP contribution in [0, 0.1) is 5.92 Å². The Kier molecular flexibility index (Phi) is 5.88. The van der Waals surface area contributed by atoms with Crippen molar-refractivity contribution in [1.29, 1.82) is 0 Å². The molecule has 1 aliphatic heterocycles. The number of likely N-dealkylation sites (tertiary alicyclic amines) is 1. The van der Waals surface area contributed by atoms with E-state index in [1.165, 1.54) is 30.4 Å². The van der Waals surface area contributed by atoms with E-state index in [-0.39, 0.29) is 23.1 Å². The van der Waals surface area contributed by atoms with Gasteiger partial charge in [0.15, 0.2) is 0 Å². The number of amides is 1. The molecular weight excluding hydrogens is 323 g/mol. The van der Waals surface area contributed by atoms with Crippen LogP contribution in [0.25, 0.3) is 6.08 Å². The lowest BCUT2D eigenvalue weighted by atomic mass is 9.92. The fraction of sp³-hybridized carbons (Fsp3) is 0.471. The first kappa shape index (κ1) is 18.3. The van der Waals surface area contributed by atoms with Crippen molar-refractivity contribution in [3.63, 3.8) is 0 Å². The fourth-order valence-corrected chi connectivity index (χ4v) is 2.70. The summed E-state index contributed by atoms with van der Waals surface area (Å²) in [6, 6.07) is 5.65. The van der Waals surface area contributed by atoms with Crippen LogP contribution in [0.3, 0.4) is 0 Å². The van der Waals surface area contributed by atoms with Crippen LogP contribution in [0.5, 0.6) is 5.75 Å². The first-order valence-electron chi connectivity index (χ1n) is 7.76. The Morgan fingerprint density at radius 1 is 1.33 bits per heavy atom. The zero-order valence-corrected chi connectivity index (χ0v) is 13.3. The van der Waals surface area contributed by atoms with Crippen LogP contribution in [0.4, 0.5) is 13.2 Å². The van der Waals surface area contributed by atoms with E-state index in [9.17, 15) is 23.1 Å². The summed E-state index contributed by atoms with van der Waals surface area (Å²) in [4.78, 5) is 13.8. The number of para-hydroxylation sites is 1. The Morgan fingerprint density at radius 2 is 1.96 bits per heavy atom. The lowest BCUT2D eigenvalue weighted by molar-refractivity contribution is -0.274. The molecule has 0 saturated carbocycles. The summed E-state index contributed by atoms with van der Waals surface area (Å²) in [6.45, 7) is 2.79. The van der Waals surface area contributed by atoms with Gasteiger partial charge in [-0.1, -0.05) is 18.2 Å². The van der Waals surface area contributed by atoms with Gasteiger partial charge in [0, 0.05) is 24.7 Å². The Balaban J connectivity index is 2.00. The maximum atomic E-state index is 12.4. The van der Waals surface area contributed by atoms with E-state index in [0.717, 1.165) is 0 Å². The van der Waals surface area contributed by atoms with Crippen LogP contribution in [0.1, 0.15) is 25.3 Å². The number of carbonyl (C=O) groups is 1. The molecule has 0 spiro atoms. The normalized spacial score (nSPS) is 18.0. The van der Waals surface area contributed by atoms with Gasteiger partial charge in [-0.05, 0) is 37.8 Å². The van der Waals surface area contributed by atoms with Crippen molar-refractivity contribution >= 4 is 12.0 Å². The van der Waals surface area contributed by atoms with Gasteiger partial charge in [0.2, 0.25) is 5.91 Å². The van der Waals surface area contributed by atoms with Crippen LogP contribution < -0.4 is 4.74 Å². The van der Waals surface area contributed by atoms with Crippen molar-refractivity contribution in [2.24, 2.45) is 5.92 Å². The minimum Gasteiger partial charge on any atom is -0.405 e. The Hall–Kier alpha value is -2.02. The summed E-state index contributed by atoms with van der Waals surface area (Å²) in [5, 5.41) is 9.55. The summed E-state index contributed by atoms with van der Waals surface area (Å²) in [5.41, 5.74) is 0.182. The average molecular weight is 343 g/mol. The van der Waals surface area contributed by atoms with E-state index in [1.54, 1.807) is 17.9 Å². The number of alkyl halides is 3. The third-order valence-corrected chi connectivity index (χ3v) is 4.08. The van der Waals surface area contributed by atoms with Gasteiger partial charge < -0.3 is 14.7 Å². The third-order valence-electron chi connectivity index (χ3n) is 4.08. The van der Waals surface area contributed by atoms with Gasteiger partial charge in [0.25, 0.3) is 0 Å². The van der Waals surface area contributed by atoms with Crippen molar-refractivity contribution in [3.05, 3.63) is 35.9 Å².